The average Bonchev–Trinajstić information content (AvgIpc) is 3.00. The molecular formula is C18H21BrN2O3Si. The summed E-state index contributed by atoms with van der Waals surface area (Å²) in [6.45, 7) is 7.96. The van der Waals surface area contributed by atoms with Crippen molar-refractivity contribution in [3.05, 3.63) is 40.5 Å². The van der Waals surface area contributed by atoms with E-state index in [0.29, 0.717) is 24.6 Å². The lowest BCUT2D eigenvalue weighted by molar-refractivity contribution is -0.123. The van der Waals surface area contributed by atoms with Gasteiger partial charge < -0.3 is 9.30 Å². The summed E-state index contributed by atoms with van der Waals surface area (Å²) in [4.78, 5) is 24.0. The van der Waals surface area contributed by atoms with Gasteiger partial charge in [0.2, 0.25) is 0 Å². The van der Waals surface area contributed by atoms with Crippen LogP contribution in [0.25, 0.3) is 16.5 Å². The predicted molar refractivity (Wildman–Crippen MR) is 105 cm³/mol. The molecule has 0 aliphatic carbocycles. The van der Waals surface area contributed by atoms with E-state index < -0.39 is 14.0 Å². The van der Waals surface area contributed by atoms with E-state index in [1.54, 1.807) is 0 Å². The lowest BCUT2D eigenvalue weighted by atomic mass is 10.2. The molecule has 0 radical (unpaired) electrons. The Morgan fingerprint density at radius 1 is 1.16 bits per heavy atom. The van der Waals surface area contributed by atoms with Crippen molar-refractivity contribution in [3.8, 4) is 0 Å². The van der Waals surface area contributed by atoms with Crippen molar-refractivity contribution >= 4 is 52.3 Å². The highest BCUT2D eigenvalue weighted by molar-refractivity contribution is 9.12. The Morgan fingerprint density at radius 3 is 2.52 bits per heavy atom. The second-order valence-electron chi connectivity index (χ2n) is 7.34. The van der Waals surface area contributed by atoms with E-state index in [-0.39, 0.29) is 10.4 Å². The largest absolute Gasteiger partial charge is 0.361 e. The number of carbonyl (C=O) groups is 2. The van der Waals surface area contributed by atoms with Gasteiger partial charge in [0, 0.05) is 20.1 Å². The Labute approximate surface area is 156 Å². The summed E-state index contributed by atoms with van der Waals surface area (Å²) in [7, 11) is -1.16. The van der Waals surface area contributed by atoms with Gasteiger partial charge >= 0.3 is 0 Å². The topological polar surface area (TPSA) is 60.3 Å². The number of halogens is 1. The van der Waals surface area contributed by atoms with Crippen molar-refractivity contribution in [2.24, 2.45) is 0 Å². The van der Waals surface area contributed by atoms with Crippen molar-refractivity contribution in [1.82, 2.24) is 9.88 Å². The fraction of sp³-hybridized carbons (Fsp3) is 0.333. The number of rotatable bonds is 6. The zero-order valence-corrected chi connectivity index (χ0v) is 17.1. The molecule has 1 aliphatic heterocycles. The third-order valence-electron chi connectivity index (χ3n) is 4.16. The van der Waals surface area contributed by atoms with Crippen molar-refractivity contribution in [1.29, 1.82) is 0 Å². The van der Waals surface area contributed by atoms with Crippen LogP contribution in [0.2, 0.25) is 25.7 Å². The molecular weight excluding hydrogens is 400 g/mol. The Balaban J connectivity index is 1.96. The monoisotopic (exact) mass is 420 g/mol. The van der Waals surface area contributed by atoms with E-state index in [1.807, 2.05) is 34.9 Å². The summed E-state index contributed by atoms with van der Waals surface area (Å²) in [5, 5.41) is 3.33. The lowest BCUT2D eigenvalue weighted by Crippen LogP contribution is -2.23. The van der Waals surface area contributed by atoms with Crippen LogP contribution in [0.5, 0.6) is 0 Å². The molecule has 0 spiro atoms. The van der Waals surface area contributed by atoms with Crippen LogP contribution in [0.4, 0.5) is 0 Å². The molecule has 0 saturated heterocycles. The molecule has 1 aromatic carbocycles. The Hall–Kier alpha value is -1.70. The van der Waals surface area contributed by atoms with Gasteiger partial charge in [-0.25, -0.2) is 0 Å². The smallest absolute Gasteiger partial charge is 0.266 e. The average molecular weight is 421 g/mol. The number of para-hydroxylation sites is 1. The number of imide groups is 1. The van der Waals surface area contributed by atoms with Gasteiger partial charge in [0.1, 0.15) is 6.73 Å². The van der Waals surface area contributed by atoms with Gasteiger partial charge in [-0.2, -0.15) is 0 Å². The fourth-order valence-corrected chi connectivity index (χ4v) is 3.99. The maximum Gasteiger partial charge on any atom is 0.266 e. The van der Waals surface area contributed by atoms with Gasteiger partial charge in [-0.05, 0) is 34.1 Å². The van der Waals surface area contributed by atoms with Crippen LogP contribution < -0.4 is 5.32 Å². The number of nitrogens with zero attached hydrogens (tertiary/aromatic N) is 1. The van der Waals surface area contributed by atoms with E-state index in [4.69, 9.17) is 4.74 Å². The van der Waals surface area contributed by atoms with Crippen molar-refractivity contribution in [2.45, 2.75) is 32.4 Å². The highest BCUT2D eigenvalue weighted by Crippen LogP contribution is 2.32. The van der Waals surface area contributed by atoms with E-state index >= 15 is 0 Å². The van der Waals surface area contributed by atoms with Gasteiger partial charge in [-0.15, -0.1) is 0 Å². The minimum atomic E-state index is -1.16. The van der Waals surface area contributed by atoms with Gasteiger partial charge in [0.25, 0.3) is 11.8 Å². The third-order valence-corrected chi connectivity index (χ3v) is 6.62. The molecule has 0 atom stereocenters. The number of nitrogens with one attached hydrogen (secondary N) is 1. The van der Waals surface area contributed by atoms with Crippen molar-refractivity contribution in [3.63, 3.8) is 0 Å². The maximum atomic E-state index is 12.2. The molecule has 1 aromatic heterocycles. The van der Waals surface area contributed by atoms with E-state index in [9.17, 15) is 9.59 Å². The normalized spacial score (nSPS) is 15.4. The molecule has 7 heteroatoms. The second kappa shape index (κ2) is 6.90. The third kappa shape index (κ3) is 3.78. The first-order valence-corrected chi connectivity index (χ1v) is 12.7. The summed E-state index contributed by atoms with van der Waals surface area (Å²) in [5.74, 6) is -0.792. The van der Waals surface area contributed by atoms with E-state index in [0.717, 1.165) is 16.9 Å². The zero-order valence-electron chi connectivity index (χ0n) is 14.6. The van der Waals surface area contributed by atoms with Gasteiger partial charge in [-0.1, -0.05) is 37.8 Å². The van der Waals surface area contributed by atoms with Crippen LogP contribution in [-0.2, 0) is 21.1 Å². The Bertz CT molecular complexity index is 880. The van der Waals surface area contributed by atoms with Crippen LogP contribution in [-0.4, -0.2) is 31.1 Å². The zero-order chi connectivity index (χ0) is 18.2. The summed E-state index contributed by atoms with van der Waals surface area (Å²) in [5.41, 5.74) is 2.02. The molecule has 2 heterocycles. The highest BCUT2D eigenvalue weighted by atomic mass is 79.9. The summed E-state index contributed by atoms with van der Waals surface area (Å²) < 4.78 is 8.12. The second-order valence-corrected chi connectivity index (χ2v) is 13.8. The van der Waals surface area contributed by atoms with Crippen LogP contribution in [0.3, 0.4) is 0 Å². The predicted octanol–water partition coefficient (Wildman–Crippen LogP) is 3.72. The molecule has 0 bridgehead atoms. The van der Waals surface area contributed by atoms with Crippen LogP contribution in [0.1, 0.15) is 5.69 Å². The molecule has 1 N–H and O–H groups in total. The van der Waals surface area contributed by atoms with E-state index in [1.165, 1.54) is 0 Å². The van der Waals surface area contributed by atoms with Crippen LogP contribution >= 0.6 is 15.9 Å². The number of fused-ring (bicyclic) bond motifs is 1. The molecule has 3 rings (SSSR count). The number of carbonyl (C=O) groups excluding carboxylic acids is 2. The Morgan fingerprint density at radius 2 is 1.88 bits per heavy atom. The number of ether oxygens (including phenoxy) is 1. The Kier molecular flexibility index (Phi) is 4.99. The summed E-state index contributed by atoms with van der Waals surface area (Å²) >= 11 is 3.24. The van der Waals surface area contributed by atoms with Crippen molar-refractivity contribution < 1.29 is 14.3 Å². The minimum Gasteiger partial charge on any atom is -0.361 e. The summed E-state index contributed by atoms with van der Waals surface area (Å²) in [6, 6.07) is 10.9. The molecule has 5 nitrogen and oxygen atoms in total. The molecule has 2 amide bonds. The summed E-state index contributed by atoms with van der Waals surface area (Å²) in [6.07, 6.45) is 0. The van der Waals surface area contributed by atoms with Gasteiger partial charge in [0.15, 0.2) is 0 Å². The molecule has 1 aliphatic rings. The van der Waals surface area contributed by atoms with Gasteiger partial charge in [0.05, 0.1) is 21.3 Å². The molecule has 25 heavy (non-hydrogen) atoms. The number of benzene rings is 1. The molecule has 0 fully saturated rings. The first-order valence-electron chi connectivity index (χ1n) is 8.20. The first-order chi connectivity index (χ1) is 11.8. The maximum absolute atomic E-state index is 12.2. The van der Waals surface area contributed by atoms with Crippen LogP contribution in [0, 0.1) is 0 Å². The van der Waals surface area contributed by atoms with E-state index in [2.05, 4.69) is 40.9 Å². The molecule has 2 aromatic rings. The van der Waals surface area contributed by atoms with Crippen molar-refractivity contribution in [2.75, 3.05) is 6.61 Å². The molecule has 0 unspecified atom stereocenters. The minimum absolute atomic E-state index is 0.267. The van der Waals surface area contributed by atoms with Gasteiger partial charge in [-0.3, -0.25) is 14.9 Å². The highest BCUT2D eigenvalue weighted by Gasteiger charge is 2.32. The molecule has 132 valence electrons. The SMILES string of the molecule is C[Si](C)(C)CCOCn1c(C2=C(Br)C(=O)NC2=O)cc2ccccc21. The van der Waals surface area contributed by atoms with Crippen LogP contribution in [0.15, 0.2) is 34.8 Å². The number of hydrogen-bond donors (Lipinski definition) is 1. The first kappa shape index (κ1) is 18.1. The number of hydrogen-bond acceptors (Lipinski definition) is 3. The lowest BCUT2D eigenvalue weighted by Gasteiger charge is -2.17. The molecule has 0 saturated carbocycles. The number of aromatic nitrogens is 1. The quantitative estimate of drug-likeness (QED) is 0.440. The standard InChI is InChI=1S/C18H21BrN2O3Si/c1-25(2,3)9-8-24-11-21-13-7-5-4-6-12(13)10-14(21)15-16(19)18(23)20-17(15)22/h4-7,10H,8-9,11H2,1-3H3,(H,20,22,23). The number of amides is 2. The fourth-order valence-electron chi connectivity index (χ4n) is 2.75.